The van der Waals surface area contributed by atoms with Crippen molar-refractivity contribution in [2.45, 2.75) is 6.54 Å². The maximum absolute atomic E-state index is 10.6. The molecule has 1 aromatic carbocycles. The van der Waals surface area contributed by atoms with Gasteiger partial charge in [-0.05, 0) is 12.1 Å². The van der Waals surface area contributed by atoms with E-state index in [1.54, 1.807) is 24.3 Å². The Bertz CT molecular complexity index is 528. The molecule has 2 N–H and O–H groups in total. The van der Waals surface area contributed by atoms with Crippen LogP contribution in [0.4, 0.5) is 0 Å². The molecule has 1 aromatic heterocycles. The van der Waals surface area contributed by atoms with Gasteiger partial charge in [0.05, 0.1) is 6.54 Å². The van der Waals surface area contributed by atoms with Crippen molar-refractivity contribution in [1.29, 1.82) is 0 Å². The zero-order valence-electron chi connectivity index (χ0n) is 9.61. The fourth-order valence-electron chi connectivity index (χ4n) is 1.61. The number of aromatic hydroxyl groups is 2. The molecule has 2 rings (SSSR count). The molecule has 5 heteroatoms. The van der Waals surface area contributed by atoms with Crippen LogP contribution in [-0.4, -0.2) is 27.7 Å². The third-order valence-electron chi connectivity index (χ3n) is 2.51. The molecule has 1 heterocycles. The number of hydrogen-bond donors (Lipinski definition) is 2. The van der Waals surface area contributed by atoms with E-state index in [-0.39, 0.29) is 18.4 Å². The number of aldehydes is 1. The first-order valence-corrected chi connectivity index (χ1v) is 5.46. The SMILES string of the molecule is O=Cc1cccc(OCCn2c(O)ccc2O)c1. The van der Waals surface area contributed by atoms with Crippen LogP contribution in [0.1, 0.15) is 10.4 Å². The van der Waals surface area contributed by atoms with Crippen LogP contribution in [-0.2, 0) is 6.54 Å². The summed E-state index contributed by atoms with van der Waals surface area (Å²) in [5, 5.41) is 18.8. The highest BCUT2D eigenvalue weighted by atomic mass is 16.5. The summed E-state index contributed by atoms with van der Waals surface area (Å²) in [5.74, 6) is 0.543. The standard InChI is InChI=1S/C13H13NO4/c15-9-10-2-1-3-11(8-10)18-7-6-14-12(16)4-5-13(14)17/h1-5,8-9,16-17H,6-7H2. The molecule has 0 radical (unpaired) electrons. The molecule has 0 aliphatic heterocycles. The molecular weight excluding hydrogens is 234 g/mol. The molecular formula is C13H13NO4. The molecule has 0 fully saturated rings. The van der Waals surface area contributed by atoms with E-state index >= 15 is 0 Å². The minimum Gasteiger partial charge on any atom is -0.494 e. The van der Waals surface area contributed by atoms with E-state index in [1.807, 2.05) is 0 Å². The molecule has 0 saturated carbocycles. The van der Waals surface area contributed by atoms with Gasteiger partial charge in [0.15, 0.2) is 11.8 Å². The lowest BCUT2D eigenvalue weighted by atomic mass is 10.2. The first-order valence-electron chi connectivity index (χ1n) is 5.46. The molecule has 0 spiro atoms. The second kappa shape index (κ2) is 5.27. The fraction of sp³-hybridized carbons (Fsp3) is 0.154. The lowest BCUT2D eigenvalue weighted by Crippen LogP contribution is -2.07. The first kappa shape index (κ1) is 12.0. The zero-order chi connectivity index (χ0) is 13.0. The average Bonchev–Trinajstić information content (AvgIpc) is 2.70. The topological polar surface area (TPSA) is 71.7 Å². The Labute approximate surface area is 104 Å². The Balaban J connectivity index is 1.94. The second-order valence-corrected chi connectivity index (χ2v) is 3.74. The van der Waals surface area contributed by atoms with Crippen LogP contribution in [0.25, 0.3) is 0 Å². The van der Waals surface area contributed by atoms with Gasteiger partial charge < -0.3 is 14.9 Å². The Morgan fingerprint density at radius 2 is 1.89 bits per heavy atom. The van der Waals surface area contributed by atoms with Crippen LogP contribution in [0.5, 0.6) is 17.5 Å². The van der Waals surface area contributed by atoms with Crippen molar-refractivity contribution in [3.05, 3.63) is 42.0 Å². The van der Waals surface area contributed by atoms with Gasteiger partial charge in [-0.1, -0.05) is 12.1 Å². The van der Waals surface area contributed by atoms with Crippen molar-refractivity contribution < 1.29 is 19.7 Å². The number of carbonyl (C=O) groups is 1. The molecule has 5 nitrogen and oxygen atoms in total. The highest BCUT2D eigenvalue weighted by molar-refractivity contribution is 5.75. The summed E-state index contributed by atoms with van der Waals surface area (Å²) in [5.41, 5.74) is 0.541. The number of carbonyl (C=O) groups excluding carboxylic acids is 1. The van der Waals surface area contributed by atoms with Gasteiger partial charge in [-0.15, -0.1) is 0 Å². The summed E-state index contributed by atoms with van der Waals surface area (Å²) >= 11 is 0. The van der Waals surface area contributed by atoms with Crippen LogP contribution in [0, 0.1) is 0 Å². The summed E-state index contributed by atoms with van der Waals surface area (Å²) in [4.78, 5) is 10.6. The van der Waals surface area contributed by atoms with Gasteiger partial charge in [-0.3, -0.25) is 9.36 Å². The molecule has 0 unspecified atom stereocenters. The van der Waals surface area contributed by atoms with Crippen molar-refractivity contribution >= 4 is 6.29 Å². The van der Waals surface area contributed by atoms with Gasteiger partial charge >= 0.3 is 0 Å². The molecule has 0 saturated heterocycles. The minimum absolute atomic E-state index is 0.0160. The van der Waals surface area contributed by atoms with Gasteiger partial charge in [0.2, 0.25) is 0 Å². The molecule has 0 bridgehead atoms. The van der Waals surface area contributed by atoms with Crippen molar-refractivity contribution in [2.75, 3.05) is 6.61 Å². The van der Waals surface area contributed by atoms with E-state index in [0.717, 1.165) is 6.29 Å². The predicted molar refractivity (Wildman–Crippen MR) is 65.1 cm³/mol. The monoisotopic (exact) mass is 247 g/mol. The Morgan fingerprint density at radius 1 is 1.17 bits per heavy atom. The van der Waals surface area contributed by atoms with Crippen molar-refractivity contribution in [3.63, 3.8) is 0 Å². The third kappa shape index (κ3) is 2.63. The van der Waals surface area contributed by atoms with Crippen LogP contribution in [0.3, 0.4) is 0 Å². The Kier molecular flexibility index (Phi) is 3.52. The van der Waals surface area contributed by atoms with Crippen molar-refractivity contribution in [3.8, 4) is 17.5 Å². The van der Waals surface area contributed by atoms with Crippen molar-refractivity contribution in [2.24, 2.45) is 0 Å². The number of hydrogen-bond acceptors (Lipinski definition) is 4. The minimum atomic E-state index is -0.0160. The second-order valence-electron chi connectivity index (χ2n) is 3.74. The summed E-state index contributed by atoms with van der Waals surface area (Å²) in [7, 11) is 0. The number of ether oxygens (including phenoxy) is 1. The van der Waals surface area contributed by atoms with Crippen LogP contribution >= 0.6 is 0 Å². The van der Waals surface area contributed by atoms with Gasteiger partial charge in [0.1, 0.15) is 18.6 Å². The normalized spacial score (nSPS) is 10.2. The maximum Gasteiger partial charge on any atom is 0.193 e. The van der Waals surface area contributed by atoms with Crippen LogP contribution in [0.2, 0.25) is 0 Å². The molecule has 94 valence electrons. The Hall–Kier alpha value is -2.43. The molecule has 0 aliphatic carbocycles. The molecule has 18 heavy (non-hydrogen) atoms. The summed E-state index contributed by atoms with van der Waals surface area (Å²) in [6.07, 6.45) is 0.746. The zero-order valence-corrected chi connectivity index (χ0v) is 9.61. The summed E-state index contributed by atoms with van der Waals surface area (Å²) in [6, 6.07) is 9.59. The highest BCUT2D eigenvalue weighted by Gasteiger charge is 2.05. The van der Waals surface area contributed by atoms with Crippen LogP contribution in [0.15, 0.2) is 36.4 Å². The molecule has 2 aromatic rings. The number of aromatic nitrogens is 1. The van der Waals surface area contributed by atoms with E-state index in [4.69, 9.17) is 4.74 Å². The maximum atomic E-state index is 10.6. The largest absolute Gasteiger partial charge is 0.494 e. The lowest BCUT2D eigenvalue weighted by molar-refractivity contribution is 0.112. The van der Waals surface area contributed by atoms with E-state index in [2.05, 4.69) is 0 Å². The Morgan fingerprint density at radius 3 is 2.56 bits per heavy atom. The number of rotatable bonds is 5. The number of benzene rings is 1. The van der Waals surface area contributed by atoms with E-state index in [0.29, 0.717) is 17.9 Å². The quantitative estimate of drug-likeness (QED) is 0.790. The van der Waals surface area contributed by atoms with Gasteiger partial charge in [0.25, 0.3) is 0 Å². The lowest BCUT2D eigenvalue weighted by Gasteiger charge is -2.09. The van der Waals surface area contributed by atoms with E-state index in [1.165, 1.54) is 16.7 Å². The third-order valence-corrected chi connectivity index (χ3v) is 2.51. The first-order chi connectivity index (χ1) is 8.70. The molecule has 0 atom stereocenters. The fourth-order valence-corrected chi connectivity index (χ4v) is 1.61. The van der Waals surface area contributed by atoms with Gasteiger partial charge in [-0.2, -0.15) is 0 Å². The van der Waals surface area contributed by atoms with Gasteiger partial charge in [0, 0.05) is 17.7 Å². The number of nitrogens with zero attached hydrogens (tertiary/aromatic N) is 1. The van der Waals surface area contributed by atoms with Crippen molar-refractivity contribution in [1.82, 2.24) is 4.57 Å². The van der Waals surface area contributed by atoms with E-state index < -0.39 is 0 Å². The van der Waals surface area contributed by atoms with Gasteiger partial charge in [-0.25, -0.2) is 0 Å². The molecule has 0 aliphatic rings. The smallest absolute Gasteiger partial charge is 0.193 e. The summed E-state index contributed by atoms with van der Waals surface area (Å²) < 4.78 is 6.75. The summed E-state index contributed by atoms with van der Waals surface area (Å²) in [6.45, 7) is 0.591. The molecule has 0 amide bonds. The predicted octanol–water partition coefficient (Wildman–Crippen LogP) is 1.79. The van der Waals surface area contributed by atoms with Crippen LogP contribution < -0.4 is 4.74 Å². The average molecular weight is 247 g/mol. The van der Waals surface area contributed by atoms with E-state index in [9.17, 15) is 15.0 Å². The highest BCUT2D eigenvalue weighted by Crippen LogP contribution is 2.20.